The number of halogens is 3. The van der Waals surface area contributed by atoms with Crippen molar-refractivity contribution >= 4 is 17.3 Å². The monoisotopic (exact) mass is 391 g/mol. The van der Waals surface area contributed by atoms with E-state index in [0.717, 1.165) is 41.8 Å². The van der Waals surface area contributed by atoms with Gasteiger partial charge in [-0.15, -0.1) is 0 Å². The molecular weight excluding hydrogens is 376 g/mol. The zero-order valence-electron chi connectivity index (χ0n) is 14.4. The van der Waals surface area contributed by atoms with Gasteiger partial charge in [0.2, 0.25) is 0 Å². The first-order valence-electron chi connectivity index (χ1n) is 8.44. The van der Waals surface area contributed by atoms with Crippen LogP contribution in [0.1, 0.15) is 24.4 Å². The maximum Gasteiger partial charge on any atom is 0.292 e. The van der Waals surface area contributed by atoms with Crippen molar-refractivity contribution < 1.29 is 8.78 Å². The molecule has 0 aliphatic carbocycles. The summed E-state index contributed by atoms with van der Waals surface area (Å²) >= 11 is 6.34. The van der Waals surface area contributed by atoms with Crippen LogP contribution in [0.3, 0.4) is 0 Å². The highest BCUT2D eigenvalue weighted by Crippen LogP contribution is 2.37. The second-order valence-electron chi connectivity index (χ2n) is 6.46. The van der Waals surface area contributed by atoms with Gasteiger partial charge in [-0.2, -0.15) is 14.9 Å². The number of rotatable bonds is 3. The summed E-state index contributed by atoms with van der Waals surface area (Å²) in [5, 5.41) is 8.22. The van der Waals surface area contributed by atoms with E-state index in [1.54, 1.807) is 10.9 Å². The van der Waals surface area contributed by atoms with Crippen LogP contribution in [-0.4, -0.2) is 26.1 Å². The fourth-order valence-electron chi connectivity index (χ4n) is 3.46. The highest BCUT2D eigenvalue weighted by atomic mass is 35.5. The van der Waals surface area contributed by atoms with Crippen molar-refractivity contribution in [1.29, 1.82) is 0 Å². The van der Waals surface area contributed by atoms with E-state index in [4.69, 9.17) is 11.6 Å². The molecule has 0 radical (unpaired) electrons. The van der Waals surface area contributed by atoms with E-state index >= 15 is 0 Å². The first-order valence-corrected chi connectivity index (χ1v) is 8.82. The summed E-state index contributed by atoms with van der Waals surface area (Å²) in [6, 6.07) is 2.96. The maximum absolute atomic E-state index is 14.0. The van der Waals surface area contributed by atoms with Gasteiger partial charge >= 0.3 is 0 Å². The summed E-state index contributed by atoms with van der Waals surface area (Å²) in [5.74, 6) is -1.62. The minimum atomic E-state index is -0.886. The topological polar surface area (TPSA) is 56.0 Å². The van der Waals surface area contributed by atoms with Gasteiger partial charge in [-0.3, -0.25) is 9.48 Å². The Labute approximate surface area is 158 Å². The van der Waals surface area contributed by atoms with Crippen molar-refractivity contribution in [3.63, 3.8) is 0 Å². The van der Waals surface area contributed by atoms with Crippen molar-refractivity contribution in [2.75, 3.05) is 11.4 Å². The molecule has 1 aromatic carbocycles. The average Bonchev–Trinajstić information content (AvgIpc) is 3.27. The third-order valence-electron chi connectivity index (χ3n) is 4.71. The maximum atomic E-state index is 14.0. The Kier molecular flexibility index (Phi) is 4.43. The van der Waals surface area contributed by atoms with Crippen molar-refractivity contribution in [3.05, 3.63) is 69.4 Å². The molecule has 1 saturated heterocycles. The van der Waals surface area contributed by atoms with Crippen LogP contribution >= 0.6 is 11.6 Å². The van der Waals surface area contributed by atoms with Crippen LogP contribution in [0, 0.1) is 11.6 Å². The lowest BCUT2D eigenvalue weighted by Crippen LogP contribution is -2.29. The van der Waals surface area contributed by atoms with Gasteiger partial charge in [-0.05, 0) is 25.0 Å². The minimum absolute atomic E-state index is 0.0378. The van der Waals surface area contributed by atoms with Crippen LogP contribution in [0.15, 0.2) is 41.6 Å². The Hall–Kier alpha value is -2.74. The van der Waals surface area contributed by atoms with E-state index in [9.17, 15) is 13.6 Å². The molecule has 140 valence electrons. The summed E-state index contributed by atoms with van der Waals surface area (Å²) in [7, 11) is 1.84. The summed E-state index contributed by atoms with van der Waals surface area (Å²) in [6.45, 7) is 0.718. The van der Waals surface area contributed by atoms with Crippen molar-refractivity contribution in [2.45, 2.75) is 18.9 Å². The van der Waals surface area contributed by atoms with E-state index in [2.05, 4.69) is 10.2 Å². The minimum Gasteiger partial charge on any atom is -0.362 e. The fourth-order valence-corrected chi connectivity index (χ4v) is 3.70. The molecule has 6 nitrogen and oxygen atoms in total. The van der Waals surface area contributed by atoms with Gasteiger partial charge in [0.1, 0.15) is 16.5 Å². The standard InChI is InChI=1S/C18H16ClF2N5O/c1-24-10-11(8-22-24)14-3-2-6-25(14)16-9-23-26(18(27)17(16)19)15-5-4-12(20)7-13(15)21/h4-5,7-10,14H,2-3,6H2,1H3. The number of anilines is 1. The molecule has 0 bridgehead atoms. The van der Waals surface area contributed by atoms with Crippen LogP contribution in [-0.2, 0) is 7.05 Å². The van der Waals surface area contributed by atoms with Crippen LogP contribution in [0.4, 0.5) is 14.5 Å². The number of nitrogens with zero attached hydrogens (tertiary/aromatic N) is 5. The second kappa shape index (κ2) is 6.77. The number of aryl methyl sites for hydroxylation is 1. The summed E-state index contributed by atoms with van der Waals surface area (Å²) in [6.07, 6.45) is 7.00. The predicted molar refractivity (Wildman–Crippen MR) is 97.3 cm³/mol. The van der Waals surface area contributed by atoms with Crippen LogP contribution < -0.4 is 10.5 Å². The number of benzene rings is 1. The zero-order valence-corrected chi connectivity index (χ0v) is 15.2. The first-order chi connectivity index (χ1) is 13.0. The lowest BCUT2D eigenvalue weighted by Gasteiger charge is -2.26. The molecule has 3 heterocycles. The molecule has 9 heteroatoms. The first kappa shape index (κ1) is 17.7. The van der Waals surface area contributed by atoms with E-state index in [0.29, 0.717) is 11.8 Å². The SMILES string of the molecule is Cn1cc(C2CCCN2c2cnn(-c3ccc(F)cc3F)c(=O)c2Cl)cn1. The summed E-state index contributed by atoms with van der Waals surface area (Å²) < 4.78 is 29.7. The Morgan fingerprint density at radius 3 is 2.70 bits per heavy atom. The predicted octanol–water partition coefficient (Wildman–Crippen LogP) is 3.24. The molecule has 0 spiro atoms. The fraction of sp³-hybridized carbons (Fsp3) is 0.278. The van der Waals surface area contributed by atoms with Gasteiger partial charge in [-0.25, -0.2) is 8.78 Å². The van der Waals surface area contributed by atoms with Gasteiger partial charge in [0.15, 0.2) is 5.82 Å². The molecule has 1 fully saturated rings. The van der Waals surface area contributed by atoms with Gasteiger partial charge < -0.3 is 4.90 Å². The van der Waals surface area contributed by atoms with Gasteiger partial charge in [0.25, 0.3) is 5.56 Å². The number of hydrogen-bond acceptors (Lipinski definition) is 4. The summed E-state index contributed by atoms with van der Waals surface area (Å²) in [5.41, 5.74) is 0.711. The molecule has 1 aliphatic rings. The van der Waals surface area contributed by atoms with Gasteiger partial charge in [-0.1, -0.05) is 11.6 Å². The lowest BCUT2D eigenvalue weighted by molar-refractivity contribution is 0.570. The number of aromatic nitrogens is 4. The molecule has 27 heavy (non-hydrogen) atoms. The molecule has 0 amide bonds. The zero-order chi connectivity index (χ0) is 19.1. The Morgan fingerprint density at radius 1 is 1.19 bits per heavy atom. The molecule has 3 aromatic rings. The van der Waals surface area contributed by atoms with E-state index in [1.807, 2.05) is 18.1 Å². The normalized spacial score (nSPS) is 16.9. The van der Waals surface area contributed by atoms with E-state index < -0.39 is 17.2 Å². The third-order valence-corrected chi connectivity index (χ3v) is 5.07. The van der Waals surface area contributed by atoms with Crippen LogP contribution in [0.2, 0.25) is 5.02 Å². The molecule has 0 saturated carbocycles. The molecule has 1 unspecified atom stereocenters. The molecule has 2 aromatic heterocycles. The largest absolute Gasteiger partial charge is 0.362 e. The molecule has 1 atom stereocenters. The summed E-state index contributed by atoms with van der Waals surface area (Å²) in [4.78, 5) is 14.7. The van der Waals surface area contributed by atoms with Crippen molar-refractivity contribution in [1.82, 2.24) is 19.6 Å². The van der Waals surface area contributed by atoms with E-state index in [-0.39, 0.29) is 16.8 Å². The second-order valence-corrected chi connectivity index (χ2v) is 6.83. The Balaban J connectivity index is 1.75. The Morgan fingerprint density at radius 2 is 2.00 bits per heavy atom. The molecule has 1 aliphatic heterocycles. The average molecular weight is 392 g/mol. The lowest BCUT2D eigenvalue weighted by atomic mass is 10.1. The molecular formula is C18H16ClF2N5O. The quantitative estimate of drug-likeness (QED) is 0.687. The highest BCUT2D eigenvalue weighted by Gasteiger charge is 2.30. The van der Waals surface area contributed by atoms with Gasteiger partial charge in [0.05, 0.1) is 24.1 Å². The van der Waals surface area contributed by atoms with Crippen molar-refractivity contribution in [2.24, 2.45) is 7.05 Å². The third kappa shape index (κ3) is 3.10. The molecule has 0 N–H and O–H groups in total. The number of hydrogen-bond donors (Lipinski definition) is 0. The van der Waals surface area contributed by atoms with E-state index in [1.165, 1.54) is 6.20 Å². The van der Waals surface area contributed by atoms with Crippen LogP contribution in [0.5, 0.6) is 0 Å². The Bertz CT molecular complexity index is 1060. The van der Waals surface area contributed by atoms with Crippen LogP contribution in [0.25, 0.3) is 5.69 Å². The molecule has 4 rings (SSSR count). The van der Waals surface area contributed by atoms with Crippen molar-refractivity contribution in [3.8, 4) is 5.69 Å². The smallest absolute Gasteiger partial charge is 0.292 e. The highest BCUT2D eigenvalue weighted by molar-refractivity contribution is 6.33. The van der Waals surface area contributed by atoms with Gasteiger partial charge in [0, 0.05) is 31.4 Å².